The summed E-state index contributed by atoms with van der Waals surface area (Å²) in [7, 11) is 0. The number of hydrogen-bond acceptors (Lipinski definition) is 6. The molecule has 0 aliphatic heterocycles. The van der Waals surface area contributed by atoms with Crippen molar-refractivity contribution in [2.75, 3.05) is 11.2 Å². The van der Waals surface area contributed by atoms with Gasteiger partial charge in [-0.2, -0.15) is 0 Å². The van der Waals surface area contributed by atoms with E-state index in [9.17, 15) is 4.79 Å². The summed E-state index contributed by atoms with van der Waals surface area (Å²) in [5.41, 5.74) is 4.11. The fourth-order valence-electron chi connectivity index (χ4n) is 2.61. The highest BCUT2D eigenvalue weighted by Crippen LogP contribution is 2.27. The van der Waals surface area contributed by atoms with Crippen LogP contribution in [-0.4, -0.2) is 26.0 Å². The molecule has 3 N–H and O–H groups in total. The Morgan fingerprint density at radius 1 is 1.07 bits per heavy atom. The molecule has 146 valence electrons. The molecule has 3 rings (SSSR count). The van der Waals surface area contributed by atoms with Crippen molar-refractivity contribution in [3.8, 4) is 0 Å². The van der Waals surface area contributed by atoms with Crippen molar-refractivity contribution in [1.29, 1.82) is 0 Å². The molecule has 3 aromatic rings. The minimum absolute atomic E-state index is 0.0936. The number of carbonyl (C=O) groups excluding carboxylic acids is 1. The molecule has 1 aromatic heterocycles. The minimum Gasteiger partial charge on any atom is -0.335 e. The zero-order valence-corrected chi connectivity index (χ0v) is 17.7. The maximum absolute atomic E-state index is 12.6. The van der Waals surface area contributed by atoms with E-state index in [2.05, 4.69) is 27.6 Å². The fraction of sp³-hybridized carbons (Fsp3) is 0.250. The van der Waals surface area contributed by atoms with Crippen LogP contribution >= 0.6 is 23.5 Å². The lowest BCUT2D eigenvalue weighted by molar-refractivity contribution is -0.115. The molecule has 28 heavy (non-hydrogen) atoms. The van der Waals surface area contributed by atoms with Gasteiger partial charge in [0.05, 0.1) is 5.25 Å². The van der Waals surface area contributed by atoms with E-state index in [0.717, 1.165) is 22.6 Å². The number of rotatable bonds is 7. The van der Waals surface area contributed by atoms with Crippen molar-refractivity contribution in [3.63, 3.8) is 0 Å². The zero-order chi connectivity index (χ0) is 20.1. The minimum atomic E-state index is -0.363. The normalized spacial score (nSPS) is 12.0. The molecule has 0 aliphatic rings. The number of carbonyl (C=O) groups is 1. The lowest BCUT2D eigenvalue weighted by atomic mass is 10.1. The monoisotopic (exact) mass is 413 g/mol. The Balaban J connectivity index is 1.61. The Kier molecular flexibility index (Phi) is 6.64. The molecule has 0 aliphatic carbocycles. The molecular formula is C20H23N5OS2. The molecule has 8 heteroatoms. The molecule has 0 fully saturated rings. The van der Waals surface area contributed by atoms with E-state index in [4.69, 9.17) is 5.84 Å². The molecule has 1 atom stereocenters. The Labute approximate surface area is 173 Å². The number of hydrogen-bond donors (Lipinski definition) is 2. The molecule has 0 spiro atoms. The quantitative estimate of drug-likeness (QED) is 0.449. The smallest absolute Gasteiger partial charge is 0.237 e. The van der Waals surface area contributed by atoms with Gasteiger partial charge in [0.2, 0.25) is 16.2 Å². The summed E-state index contributed by atoms with van der Waals surface area (Å²) >= 11 is 2.80. The molecule has 6 nitrogen and oxygen atoms in total. The van der Waals surface area contributed by atoms with Gasteiger partial charge in [-0.25, -0.2) is 4.68 Å². The number of nitrogens with two attached hydrogens (primary N) is 1. The van der Waals surface area contributed by atoms with E-state index in [0.29, 0.717) is 10.3 Å². The number of anilines is 1. The molecule has 0 saturated heterocycles. The summed E-state index contributed by atoms with van der Waals surface area (Å²) in [5, 5.41) is 12.1. The van der Waals surface area contributed by atoms with E-state index in [1.54, 1.807) is 0 Å². The highest BCUT2D eigenvalue weighted by molar-refractivity contribution is 8.00. The number of benzene rings is 2. The first-order valence-electron chi connectivity index (χ1n) is 8.86. The summed E-state index contributed by atoms with van der Waals surface area (Å²) in [6.45, 7) is 5.79. The van der Waals surface area contributed by atoms with Gasteiger partial charge in [0.25, 0.3) is 0 Å². The highest BCUT2D eigenvalue weighted by Gasteiger charge is 2.20. The summed E-state index contributed by atoms with van der Waals surface area (Å²) in [6, 6.07) is 16.0. The first-order chi connectivity index (χ1) is 13.5. The van der Waals surface area contributed by atoms with Gasteiger partial charge in [-0.1, -0.05) is 72.1 Å². The van der Waals surface area contributed by atoms with Gasteiger partial charge in [-0.15, -0.1) is 10.2 Å². The number of nitrogens with zero attached hydrogens (tertiary/aromatic N) is 3. The van der Waals surface area contributed by atoms with E-state index in [-0.39, 0.29) is 11.2 Å². The molecule has 1 amide bonds. The van der Waals surface area contributed by atoms with Gasteiger partial charge in [-0.05, 0) is 37.5 Å². The Morgan fingerprint density at radius 3 is 2.39 bits per heavy atom. The largest absolute Gasteiger partial charge is 0.335 e. The van der Waals surface area contributed by atoms with E-state index in [1.807, 2.05) is 57.2 Å². The van der Waals surface area contributed by atoms with Crippen molar-refractivity contribution in [3.05, 3.63) is 65.2 Å². The van der Waals surface area contributed by atoms with Crippen molar-refractivity contribution < 1.29 is 4.79 Å². The summed E-state index contributed by atoms with van der Waals surface area (Å²) in [6.07, 6.45) is 0. The number of thioether (sulfide) groups is 2. The van der Waals surface area contributed by atoms with Crippen LogP contribution in [0.2, 0.25) is 0 Å². The first-order valence-corrected chi connectivity index (χ1v) is 10.7. The maximum Gasteiger partial charge on any atom is 0.237 e. The molecular weight excluding hydrogens is 390 g/mol. The van der Waals surface area contributed by atoms with Crippen molar-refractivity contribution in [2.24, 2.45) is 0 Å². The number of nitrogens with one attached hydrogen (secondary N) is 1. The van der Waals surface area contributed by atoms with Crippen LogP contribution in [0.3, 0.4) is 0 Å². The second-order valence-corrected chi connectivity index (χ2v) is 8.68. The Hall–Kier alpha value is -2.45. The highest BCUT2D eigenvalue weighted by atomic mass is 32.2. The number of nitrogen functional groups attached to an aromatic ring is 1. The van der Waals surface area contributed by atoms with E-state index >= 15 is 0 Å². The SMILES string of the molecule is Cc1cccc(C)c1NC(=O)[C@H](C)Sc1nnc(SCc2ccccc2)n1N. The maximum atomic E-state index is 12.6. The third kappa shape index (κ3) is 4.88. The van der Waals surface area contributed by atoms with Gasteiger partial charge in [-0.3, -0.25) is 4.79 Å². The predicted molar refractivity (Wildman–Crippen MR) is 116 cm³/mol. The average Bonchev–Trinajstić information content (AvgIpc) is 3.03. The van der Waals surface area contributed by atoms with Crippen molar-refractivity contribution >= 4 is 35.1 Å². The van der Waals surface area contributed by atoms with Gasteiger partial charge in [0.15, 0.2) is 0 Å². The summed E-state index contributed by atoms with van der Waals surface area (Å²) in [5.74, 6) is 6.79. The van der Waals surface area contributed by atoms with Crippen LogP contribution in [0.4, 0.5) is 5.69 Å². The third-order valence-corrected chi connectivity index (χ3v) is 6.30. The molecule has 0 unspecified atom stereocenters. The van der Waals surface area contributed by atoms with Crippen LogP contribution in [0.5, 0.6) is 0 Å². The van der Waals surface area contributed by atoms with Crippen molar-refractivity contribution in [2.45, 2.75) is 42.1 Å². The van der Waals surface area contributed by atoms with Crippen molar-refractivity contribution in [1.82, 2.24) is 14.9 Å². The molecule has 0 saturated carbocycles. The topological polar surface area (TPSA) is 85.8 Å². The molecule has 0 radical (unpaired) electrons. The van der Waals surface area contributed by atoms with Crippen LogP contribution in [0, 0.1) is 13.8 Å². The molecule has 1 heterocycles. The van der Waals surface area contributed by atoms with Crippen LogP contribution in [0.1, 0.15) is 23.6 Å². The van der Waals surface area contributed by atoms with Crippen LogP contribution < -0.4 is 11.2 Å². The number of amides is 1. The van der Waals surface area contributed by atoms with Gasteiger partial charge in [0, 0.05) is 11.4 Å². The summed E-state index contributed by atoms with van der Waals surface area (Å²) in [4.78, 5) is 12.6. The molecule has 0 bridgehead atoms. The third-order valence-electron chi connectivity index (χ3n) is 4.22. The predicted octanol–water partition coefficient (Wildman–Crippen LogP) is 4.02. The number of aryl methyl sites for hydroxylation is 2. The zero-order valence-electron chi connectivity index (χ0n) is 16.0. The fourth-order valence-corrected chi connectivity index (χ4v) is 4.25. The lowest BCUT2D eigenvalue weighted by Crippen LogP contribution is -2.24. The Bertz CT molecular complexity index is 938. The second-order valence-electron chi connectivity index (χ2n) is 6.43. The van der Waals surface area contributed by atoms with Gasteiger partial charge in [0.1, 0.15) is 0 Å². The number of aromatic nitrogens is 3. The van der Waals surface area contributed by atoms with Crippen LogP contribution in [0.25, 0.3) is 0 Å². The number of para-hydroxylation sites is 1. The van der Waals surface area contributed by atoms with E-state index < -0.39 is 0 Å². The van der Waals surface area contributed by atoms with Gasteiger partial charge < -0.3 is 11.2 Å². The molecule has 2 aromatic carbocycles. The second kappa shape index (κ2) is 9.16. The van der Waals surface area contributed by atoms with Crippen LogP contribution in [0.15, 0.2) is 58.8 Å². The van der Waals surface area contributed by atoms with Gasteiger partial charge >= 0.3 is 0 Å². The first kappa shape index (κ1) is 20.3. The Morgan fingerprint density at radius 2 is 1.71 bits per heavy atom. The van der Waals surface area contributed by atoms with Crippen LogP contribution in [-0.2, 0) is 10.5 Å². The average molecular weight is 414 g/mol. The summed E-state index contributed by atoms with van der Waals surface area (Å²) < 4.78 is 1.45. The lowest BCUT2D eigenvalue weighted by Gasteiger charge is -2.15. The standard InChI is InChI=1S/C20H23N5OS2/c1-13-8-7-9-14(2)17(13)22-18(26)15(3)28-20-24-23-19(25(20)21)27-12-16-10-5-4-6-11-16/h4-11,15H,12,21H2,1-3H3,(H,22,26)/t15-/m0/s1. The van der Waals surface area contributed by atoms with E-state index in [1.165, 1.54) is 33.8 Å².